The molecule has 0 amide bonds. The molecule has 1 aromatic rings. The van der Waals surface area contributed by atoms with Crippen LogP contribution in [-0.2, 0) is 0 Å². The number of nitrogens with zero attached hydrogens (tertiary/aromatic N) is 1. The van der Waals surface area contributed by atoms with Gasteiger partial charge >= 0.3 is 0 Å². The summed E-state index contributed by atoms with van der Waals surface area (Å²) in [5.74, 6) is 0.693. The zero-order chi connectivity index (χ0) is 11.8. The molecule has 0 aliphatic heterocycles. The van der Waals surface area contributed by atoms with Crippen molar-refractivity contribution >= 4 is 17.2 Å². The molecule has 0 saturated carbocycles. The van der Waals surface area contributed by atoms with E-state index in [1.165, 1.54) is 11.1 Å². The Labute approximate surface area is 104 Å². The van der Waals surface area contributed by atoms with Crippen molar-refractivity contribution in [2.75, 3.05) is 26.5 Å². The van der Waals surface area contributed by atoms with Gasteiger partial charge in [0.25, 0.3) is 0 Å². The van der Waals surface area contributed by atoms with E-state index in [1.807, 2.05) is 0 Å². The molecule has 0 spiro atoms. The smallest absolute Gasteiger partial charge is 0.0258 e. The minimum Gasteiger partial charge on any atom is -0.309 e. The Kier molecular flexibility index (Phi) is 6.20. The molecule has 0 aromatic heterocycles. The molecule has 1 rings (SSSR count). The number of rotatable bonds is 6. The Morgan fingerprint density at radius 1 is 1.25 bits per heavy atom. The van der Waals surface area contributed by atoms with Crippen molar-refractivity contribution in [3.63, 3.8) is 0 Å². The first-order valence-corrected chi connectivity index (χ1v) is 6.22. The molecule has 0 bridgehead atoms. The molecule has 2 heteroatoms. The molecule has 0 heterocycles. The zero-order valence-electron chi connectivity index (χ0n) is 10.1. The average Bonchev–Trinajstić information content (AvgIpc) is 2.30. The fourth-order valence-electron chi connectivity index (χ4n) is 1.59. The van der Waals surface area contributed by atoms with Crippen LogP contribution >= 0.6 is 11.6 Å². The summed E-state index contributed by atoms with van der Waals surface area (Å²) >= 11 is 5.74. The second-order valence-electron chi connectivity index (χ2n) is 4.13. The fraction of sp³-hybridized carbons (Fsp3) is 0.429. The Morgan fingerprint density at radius 2 is 1.94 bits per heavy atom. The van der Waals surface area contributed by atoms with E-state index < -0.39 is 0 Å². The number of alkyl halides is 1. The van der Waals surface area contributed by atoms with Gasteiger partial charge in [-0.1, -0.05) is 36.4 Å². The van der Waals surface area contributed by atoms with E-state index >= 15 is 0 Å². The van der Waals surface area contributed by atoms with Crippen molar-refractivity contribution in [1.82, 2.24) is 4.90 Å². The lowest BCUT2D eigenvalue weighted by molar-refractivity contribution is 0.419. The van der Waals surface area contributed by atoms with Gasteiger partial charge in [-0.05, 0) is 38.1 Å². The molecule has 16 heavy (non-hydrogen) atoms. The van der Waals surface area contributed by atoms with Gasteiger partial charge in [0.2, 0.25) is 0 Å². The molecule has 0 aliphatic carbocycles. The third-order valence-corrected chi connectivity index (χ3v) is 2.69. The molecule has 0 aliphatic rings. The number of hydrogen-bond donors (Lipinski definition) is 0. The Hall–Kier alpha value is -0.790. The monoisotopic (exact) mass is 237 g/mol. The van der Waals surface area contributed by atoms with Crippen molar-refractivity contribution in [3.05, 3.63) is 42.0 Å². The van der Waals surface area contributed by atoms with Gasteiger partial charge in [0.15, 0.2) is 0 Å². The first-order valence-electron chi connectivity index (χ1n) is 5.69. The highest BCUT2D eigenvalue weighted by Gasteiger charge is 2.01. The molecule has 1 aromatic carbocycles. The molecular weight excluding hydrogens is 218 g/mol. The molecule has 0 unspecified atom stereocenters. The molecule has 0 saturated heterocycles. The van der Waals surface area contributed by atoms with Gasteiger partial charge < -0.3 is 4.90 Å². The number of allylic oxidation sites excluding steroid dienone is 1. The van der Waals surface area contributed by atoms with Crippen molar-refractivity contribution in [2.45, 2.75) is 12.8 Å². The first-order chi connectivity index (χ1) is 7.74. The second-order valence-corrected chi connectivity index (χ2v) is 4.50. The zero-order valence-corrected chi connectivity index (χ0v) is 10.9. The lowest BCUT2D eigenvalue weighted by Crippen LogP contribution is -2.13. The van der Waals surface area contributed by atoms with Crippen molar-refractivity contribution in [2.24, 2.45) is 0 Å². The summed E-state index contributed by atoms with van der Waals surface area (Å²) in [6.07, 6.45) is 4.28. The van der Waals surface area contributed by atoms with E-state index in [9.17, 15) is 0 Å². The van der Waals surface area contributed by atoms with Crippen LogP contribution in [0.5, 0.6) is 0 Å². The average molecular weight is 238 g/mol. The van der Waals surface area contributed by atoms with Crippen LogP contribution in [0.25, 0.3) is 5.57 Å². The third kappa shape index (κ3) is 4.82. The van der Waals surface area contributed by atoms with E-state index in [1.54, 1.807) is 0 Å². The van der Waals surface area contributed by atoms with Gasteiger partial charge in [-0.15, -0.1) is 11.6 Å². The van der Waals surface area contributed by atoms with Crippen LogP contribution in [0.1, 0.15) is 18.4 Å². The SMILES string of the molecule is CN(C)CCC(=CCCCl)c1ccccc1. The van der Waals surface area contributed by atoms with Crippen molar-refractivity contribution in [3.8, 4) is 0 Å². The van der Waals surface area contributed by atoms with E-state index in [-0.39, 0.29) is 0 Å². The molecule has 1 nitrogen and oxygen atoms in total. The first kappa shape index (κ1) is 13.3. The van der Waals surface area contributed by atoms with Crippen LogP contribution in [0.3, 0.4) is 0 Å². The Morgan fingerprint density at radius 3 is 2.50 bits per heavy atom. The maximum Gasteiger partial charge on any atom is 0.0258 e. The van der Waals surface area contributed by atoms with Crippen LogP contribution in [0.2, 0.25) is 0 Å². The normalized spacial score (nSPS) is 12.1. The highest BCUT2D eigenvalue weighted by molar-refractivity contribution is 6.17. The minimum absolute atomic E-state index is 0.693. The van der Waals surface area contributed by atoms with Gasteiger partial charge in [0.1, 0.15) is 0 Å². The highest BCUT2D eigenvalue weighted by atomic mass is 35.5. The maximum absolute atomic E-state index is 5.74. The molecule has 88 valence electrons. The Balaban J connectivity index is 2.72. The van der Waals surface area contributed by atoms with E-state index in [2.05, 4.69) is 55.4 Å². The van der Waals surface area contributed by atoms with Gasteiger partial charge in [-0.3, -0.25) is 0 Å². The number of halogens is 1. The van der Waals surface area contributed by atoms with Crippen LogP contribution in [0, 0.1) is 0 Å². The molecule has 0 radical (unpaired) electrons. The Bertz CT molecular complexity index is 317. The minimum atomic E-state index is 0.693. The summed E-state index contributed by atoms with van der Waals surface area (Å²) in [6, 6.07) is 10.5. The lowest BCUT2D eigenvalue weighted by Gasteiger charge is -2.12. The van der Waals surface area contributed by atoms with E-state index in [4.69, 9.17) is 11.6 Å². The molecule has 0 N–H and O–H groups in total. The topological polar surface area (TPSA) is 3.24 Å². The summed E-state index contributed by atoms with van der Waals surface area (Å²) in [7, 11) is 4.20. The summed E-state index contributed by atoms with van der Waals surface area (Å²) in [5, 5.41) is 0. The predicted octanol–water partition coefficient (Wildman–Crippen LogP) is 3.65. The van der Waals surface area contributed by atoms with Crippen LogP contribution in [-0.4, -0.2) is 31.4 Å². The van der Waals surface area contributed by atoms with E-state index in [0.29, 0.717) is 5.88 Å². The lowest BCUT2D eigenvalue weighted by atomic mass is 10.0. The number of hydrogen-bond acceptors (Lipinski definition) is 1. The van der Waals surface area contributed by atoms with Crippen LogP contribution in [0.15, 0.2) is 36.4 Å². The van der Waals surface area contributed by atoms with Crippen LogP contribution in [0.4, 0.5) is 0 Å². The maximum atomic E-state index is 5.74. The third-order valence-electron chi connectivity index (χ3n) is 2.47. The highest BCUT2D eigenvalue weighted by Crippen LogP contribution is 2.18. The number of benzene rings is 1. The van der Waals surface area contributed by atoms with Crippen LogP contribution < -0.4 is 0 Å². The quantitative estimate of drug-likeness (QED) is 0.683. The van der Waals surface area contributed by atoms with Gasteiger partial charge in [0.05, 0.1) is 0 Å². The van der Waals surface area contributed by atoms with Gasteiger partial charge in [0, 0.05) is 12.4 Å². The van der Waals surface area contributed by atoms with E-state index in [0.717, 1.165) is 19.4 Å². The summed E-state index contributed by atoms with van der Waals surface area (Å²) < 4.78 is 0. The molecular formula is C14H20ClN. The van der Waals surface area contributed by atoms with Gasteiger partial charge in [-0.25, -0.2) is 0 Å². The van der Waals surface area contributed by atoms with Crippen molar-refractivity contribution < 1.29 is 0 Å². The van der Waals surface area contributed by atoms with Gasteiger partial charge in [-0.2, -0.15) is 0 Å². The molecule has 0 atom stereocenters. The standard InChI is InChI=1S/C14H20ClN/c1-16(2)12-10-14(9-6-11-15)13-7-4-3-5-8-13/h3-5,7-9H,6,10-12H2,1-2H3. The largest absolute Gasteiger partial charge is 0.309 e. The fourth-order valence-corrected chi connectivity index (χ4v) is 1.70. The predicted molar refractivity (Wildman–Crippen MR) is 72.9 cm³/mol. The summed E-state index contributed by atoms with van der Waals surface area (Å²) in [5.41, 5.74) is 2.71. The summed E-state index contributed by atoms with van der Waals surface area (Å²) in [6.45, 7) is 1.07. The van der Waals surface area contributed by atoms with Crippen molar-refractivity contribution in [1.29, 1.82) is 0 Å². The second kappa shape index (κ2) is 7.48. The summed E-state index contributed by atoms with van der Waals surface area (Å²) in [4.78, 5) is 2.21. The molecule has 0 fully saturated rings.